The number of aryl methyl sites for hydroxylation is 4. The second-order valence-electron chi connectivity index (χ2n) is 44.2. The highest BCUT2D eigenvalue weighted by Gasteiger charge is 2.28. The molecule has 0 saturated carbocycles. The Labute approximate surface area is 928 Å². The molecule has 0 bridgehead atoms. The van der Waals surface area contributed by atoms with Gasteiger partial charge in [0.15, 0.2) is 0 Å². The summed E-state index contributed by atoms with van der Waals surface area (Å²) in [4.78, 5) is 45.4. The SMILES string of the molecule is CC(=O)OCC[N+](C)(C)Cc1ccccc1.CC(C)(C)C(=O)OCC[N+](C)(C)Cc1ccccc1.CCCC(=O)OCC[N+](C)(C)Cc1ccccc1.CCCC[N+](CC)(CCC)CCSCCc1ccccc1.CCC[N+](CC)(CCC)CCSCCc1ccccc1.CC[N+](CC)(CC)CCSCCc1ccccc1.C[N+](C)(C)CCSCCc1ccccc1.C[N+](C)(CCOC(=O)Cc1ccccc1)Cc1ccccc1. The van der Waals surface area contributed by atoms with E-state index in [1.165, 1.54) is 254 Å². The van der Waals surface area contributed by atoms with E-state index in [9.17, 15) is 19.2 Å². The largest absolute Gasteiger partial charge is 0.460 e. The molecule has 0 radical (unpaired) electrons. The van der Waals surface area contributed by atoms with Crippen molar-refractivity contribution in [1.29, 1.82) is 0 Å². The predicted molar refractivity (Wildman–Crippen MR) is 649 cm³/mol. The van der Waals surface area contributed by atoms with Crippen molar-refractivity contribution in [2.45, 2.75) is 200 Å². The number of carbonyl (C=O) groups is 4. The molecule has 0 aliphatic carbocycles. The molecule has 9 aromatic carbocycles. The van der Waals surface area contributed by atoms with E-state index in [1.54, 1.807) is 0 Å². The molecule has 0 amide bonds. The third kappa shape index (κ3) is 71.5. The molecule has 1 atom stereocenters. The summed E-state index contributed by atoms with van der Waals surface area (Å²) in [7, 11) is 23.9. The first kappa shape index (κ1) is 137. The molecule has 149 heavy (non-hydrogen) atoms. The normalized spacial score (nSPS) is 11.9. The molecule has 0 fully saturated rings. The van der Waals surface area contributed by atoms with E-state index < -0.39 is 5.41 Å². The van der Waals surface area contributed by atoms with Crippen LogP contribution in [0.4, 0.5) is 0 Å². The Morgan fingerprint density at radius 1 is 0.248 bits per heavy atom. The fraction of sp³-hybridized carbons (Fsp3) is 0.550. The van der Waals surface area contributed by atoms with Gasteiger partial charge in [-0.1, -0.05) is 314 Å². The molecular weight excluding hydrogens is 1920 g/mol. The molecule has 9 rings (SSSR count). The van der Waals surface area contributed by atoms with Gasteiger partial charge in [-0.05, 0) is 164 Å². The predicted octanol–water partition coefficient (Wildman–Crippen LogP) is 26.5. The fourth-order valence-electron chi connectivity index (χ4n) is 17.1. The van der Waals surface area contributed by atoms with Crippen molar-refractivity contribution in [2.24, 2.45) is 5.41 Å². The number of hydrogen-bond acceptors (Lipinski definition) is 12. The molecule has 20 heteroatoms. The van der Waals surface area contributed by atoms with E-state index >= 15 is 0 Å². The van der Waals surface area contributed by atoms with Crippen molar-refractivity contribution in [3.05, 3.63) is 323 Å². The van der Waals surface area contributed by atoms with Gasteiger partial charge < -0.3 is 54.8 Å². The Kier molecular flexibility index (Phi) is 74.2. The highest BCUT2D eigenvalue weighted by Crippen LogP contribution is 2.22. The van der Waals surface area contributed by atoms with Crippen molar-refractivity contribution in [1.82, 2.24) is 0 Å². The van der Waals surface area contributed by atoms with Gasteiger partial charge in [0.2, 0.25) is 0 Å². The molecule has 0 spiro atoms. The third-order valence-corrected chi connectivity index (χ3v) is 30.8. The van der Waals surface area contributed by atoms with Gasteiger partial charge in [-0.25, -0.2) is 0 Å². The van der Waals surface area contributed by atoms with E-state index in [-0.39, 0.29) is 23.9 Å². The van der Waals surface area contributed by atoms with Gasteiger partial charge in [0, 0.05) is 58.6 Å². The number of benzene rings is 9. The number of unbranched alkanes of at least 4 members (excludes halogenated alkanes) is 1. The summed E-state index contributed by atoms with van der Waals surface area (Å²) in [6, 6.07) is 94.4. The lowest BCUT2D eigenvalue weighted by Gasteiger charge is -2.38. The second-order valence-corrected chi connectivity index (χ2v) is 49.1. The zero-order chi connectivity index (χ0) is 110. The molecule has 16 nitrogen and oxygen atoms in total. The standard InChI is InChI=1S/C19H24NO2.C19H34NS.C18H32NS.C16H26NO2.C16H28NS.C15H24NO2.C13H20NO2.C13H22NS/c1-20(2,16-18-11-7-4-8-12-18)13-14-22-19(21)15-17-9-5-3-6-10-17;1-4-7-15-20(6-3,14-5-2)16-18-21-17-13-19-11-9-8-10-12-19;1-4-13-19(6-3,14-5-2)15-17-20-16-12-18-10-8-7-9-11-18;1-16(2,3)15(18)19-12-11-17(4,5)13-14-9-7-6-8-10-14;1-4-17(5-2,6-3)13-15-18-14-12-16-10-8-7-9-11-16;1-4-8-15(17)18-12-11-16(2,3)13-14-9-6-5-7-10-14;1-12(15)16-10-9-14(2,3)11-13-7-5-4-6-8-13;1-14(2,3)10-12-15-11-9-13-7-5-4-6-8-13/h3-12H,13-16H2,1-2H3;8-12H,4-7,13-18H2,1-3H3;7-11H,4-6,12-17H2,1-3H3;6-10H,11-13H2,1-5H3;7-11H,4-6,12-15H2,1-3H3;5-7,9-10H,4,8,11-13H2,1-3H3;4-8H,9-11H2,1-3H3;4-8H,9-12H2,1-3H3/q8*+1. The van der Waals surface area contributed by atoms with Gasteiger partial charge in [-0.3, -0.25) is 19.2 Å². The summed E-state index contributed by atoms with van der Waals surface area (Å²) in [5.41, 5.74) is 11.6. The maximum Gasteiger partial charge on any atom is 0.311 e. The minimum atomic E-state index is -0.420. The minimum absolute atomic E-state index is 0.0859. The Balaban J connectivity index is 0.000000577. The van der Waals surface area contributed by atoms with Gasteiger partial charge in [0.1, 0.15) is 78.8 Å². The van der Waals surface area contributed by atoms with Crippen LogP contribution in [0.5, 0.6) is 0 Å². The maximum absolute atomic E-state index is 11.8. The molecule has 1 unspecified atom stereocenters. The van der Waals surface area contributed by atoms with Crippen LogP contribution in [-0.2, 0) is 96.4 Å². The summed E-state index contributed by atoms with van der Waals surface area (Å²) in [6.07, 6.45) is 13.2. The van der Waals surface area contributed by atoms with Gasteiger partial charge >= 0.3 is 23.9 Å². The van der Waals surface area contributed by atoms with Crippen LogP contribution in [0.25, 0.3) is 0 Å². The average molecular weight is 2130 g/mol. The Morgan fingerprint density at radius 3 is 0.738 bits per heavy atom. The maximum atomic E-state index is 11.8. The molecule has 0 aliphatic heterocycles. The lowest BCUT2D eigenvalue weighted by molar-refractivity contribution is -0.924. The first-order valence-electron chi connectivity index (χ1n) is 56.1. The zero-order valence-corrected chi connectivity index (χ0v) is 102. The number of esters is 4. The van der Waals surface area contributed by atoms with Crippen molar-refractivity contribution in [2.75, 3.05) is 261 Å². The van der Waals surface area contributed by atoms with E-state index in [0.29, 0.717) is 39.3 Å². The van der Waals surface area contributed by atoms with Gasteiger partial charge in [-0.2, -0.15) is 47.0 Å². The Morgan fingerprint density at radius 2 is 0.490 bits per heavy atom. The van der Waals surface area contributed by atoms with E-state index in [4.69, 9.17) is 18.9 Å². The Bertz CT molecular complexity index is 4720. The van der Waals surface area contributed by atoms with Gasteiger partial charge in [0.05, 0.1) is 174 Å². The lowest BCUT2D eigenvalue weighted by atomic mass is 9.97. The first-order chi connectivity index (χ1) is 71.1. The number of hydrogen-bond donors (Lipinski definition) is 0. The van der Waals surface area contributed by atoms with Crippen molar-refractivity contribution in [3.8, 4) is 0 Å². The second kappa shape index (κ2) is 80.7. The number of rotatable bonds is 62. The monoisotopic (exact) mass is 2130 g/mol. The summed E-state index contributed by atoms with van der Waals surface area (Å²) in [5, 5.41) is 0. The lowest BCUT2D eigenvalue weighted by Crippen LogP contribution is -2.50. The molecule has 9 aromatic rings. The van der Waals surface area contributed by atoms with Crippen LogP contribution >= 0.6 is 47.0 Å². The highest BCUT2D eigenvalue weighted by molar-refractivity contribution is 7.99. The number of ether oxygens (including phenoxy) is 4. The molecule has 0 aromatic heterocycles. The van der Waals surface area contributed by atoms with Gasteiger partial charge in [-0.15, -0.1) is 0 Å². The van der Waals surface area contributed by atoms with E-state index in [2.05, 4.69) is 393 Å². The van der Waals surface area contributed by atoms with Crippen molar-refractivity contribution in [3.63, 3.8) is 0 Å². The van der Waals surface area contributed by atoms with Crippen LogP contribution < -0.4 is 0 Å². The summed E-state index contributed by atoms with van der Waals surface area (Å²) in [6.45, 7) is 56.1. The molecule has 0 saturated heterocycles. The van der Waals surface area contributed by atoms with Crippen LogP contribution in [0, 0.1) is 5.41 Å². The molecule has 0 heterocycles. The zero-order valence-electron chi connectivity index (χ0n) is 98.3. The van der Waals surface area contributed by atoms with Crippen LogP contribution in [0.3, 0.4) is 0 Å². The van der Waals surface area contributed by atoms with E-state index in [1.807, 2.05) is 94.4 Å². The molecular formula is C129H210N8O8S4+8. The number of quaternary nitrogens is 8. The Hall–Kier alpha value is -8.06. The summed E-state index contributed by atoms with van der Waals surface area (Å²) in [5.74, 6) is 9.59. The number of nitrogens with zero attached hydrogens (tertiary/aromatic N) is 8. The highest BCUT2D eigenvalue weighted by atomic mass is 32.2. The van der Waals surface area contributed by atoms with Gasteiger partial charge in [0.25, 0.3) is 0 Å². The molecule has 0 N–H and O–H groups in total. The van der Waals surface area contributed by atoms with Crippen LogP contribution in [0.15, 0.2) is 273 Å². The number of likely N-dealkylation sites (N-methyl/N-ethyl adjacent to an activating group) is 4. The topological polar surface area (TPSA) is 105 Å². The minimum Gasteiger partial charge on any atom is -0.460 e. The number of carbonyl (C=O) groups excluding carboxylic acids is 4. The van der Waals surface area contributed by atoms with E-state index in [0.717, 1.165) is 86.8 Å². The smallest absolute Gasteiger partial charge is 0.311 e. The number of thioether (sulfide) groups is 4. The fourth-order valence-corrected chi connectivity index (χ4v) is 21.7. The molecule has 830 valence electrons. The average Bonchev–Trinajstić information content (AvgIpc) is 0.892. The molecule has 0 aliphatic rings. The summed E-state index contributed by atoms with van der Waals surface area (Å²) < 4.78 is 29.1. The summed E-state index contributed by atoms with van der Waals surface area (Å²) >= 11 is 8.43. The first-order valence-corrected chi connectivity index (χ1v) is 60.7. The van der Waals surface area contributed by atoms with Crippen molar-refractivity contribution < 1.29 is 74.0 Å². The van der Waals surface area contributed by atoms with Crippen LogP contribution in [0.2, 0.25) is 0 Å². The van der Waals surface area contributed by atoms with Crippen LogP contribution in [-0.4, -0.2) is 321 Å². The third-order valence-electron chi connectivity index (χ3n) is 26.9. The van der Waals surface area contributed by atoms with Crippen molar-refractivity contribution >= 4 is 70.9 Å². The van der Waals surface area contributed by atoms with Crippen LogP contribution in [0.1, 0.15) is 192 Å². The quantitative estimate of drug-likeness (QED) is 0.0157.